The van der Waals surface area contributed by atoms with E-state index in [2.05, 4.69) is 76.5 Å². The standard InChI is InChI=1S/C28H34N2O2/c1-31-27-14-7-6-13-26(27)23-30-19-17-29(18-20-30)16-9-21-32-28-15-8-5-12-25(28)22-24-10-3-2-4-11-24/h2-8,10-15H,9,16-23H2,1H3. The lowest BCUT2D eigenvalue weighted by Crippen LogP contribution is -2.46. The SMILES string of the molecule is COc1ccccc1CN1CCN(CCCOc2ccccc2Cc2ccccc2)CC1. The van der Waals surface area contributed by atoms with Crippen molar-refractivity contribution in [2.75, 3.05) is 46.4 Å². The van der Waals surface area contributed by atoms with Gasteiger partial charge in [0, 0.05) is 51.3 Å². The molecule has 0 N–H and O–H groups in total. The smallest absolute Gasteiger partial charge is 0.123 e. The normalized spacial score (nSPS) is 14.9. The number of hydrogen-bond donors (Lipinski definition) is 0. The summed E-state index contributed by atoms with van der Waals surface area (Å²) in [6.45, 7) is 7.22. The van der Waals surface area contributed by atoms with Crippen LogP contribution in [0.25, 0.3) is 0 Å². The molecule has 0 radical (unpaired) electrons. The Kier molecular flexibility index (Phi) is 8.18. The van der Waals surface area contributed by atoms with Crippen LogP contribution in [0.1, 0.15) is 23.1 Å². The molecule has 1 saturated heterocycles. The van der Waals surface area contributed by atoms with Gasteiger partial charge in [-0.1, -0.05) is 66.7 Å². The van der Waals surface area contributed by atoms with Crippen molar-refractivity contribution in [3.8, 4) is 11.5 Å². The third kappa shape index (κ3) is 6.35. The number of methoxy groups -OCH3 is 1. The number of nitrogens with zero attached hydrogens (tertiary/aromatic N) is 2. The van der Waals surface area contributed by atoms with Crippen LogP contribution in [-0.4, -0.2) is 56.2 Å². The van der Waals surface area contributed by atoms with Crippen LogP contribution in [0.2, 0.25) is 0 Å². The second kappa shape index (κ2) is 11.7. The summed E-state index contributed by atoms with van der Waals surface area (Å²) in [5.74, 6) is 2.00. The maximum atomic E-state index is 6.18. The molecular weight excluding hydrogens is 396 g/mol. The van der Waals surface area contributed by atoms with Crippen molar-refractivity contribution >= 4 is 0 Å². The third-order valence-corrected chi connectivity index (χ3v) is 6.14. The lowest BCUT2D eigenvalue weighted by Gasteiger charge is -2.34. The first-order valence-corrected chi connectivity index (χ1v) is 11.6. The summed E-state index contributed by atoms with van der Waals surface area (Å²) in [6.07, 6.45) is 1.96. The van der Waals surface area contributed by atoms with Gasteiger partial charge >= 0.3 is 0 Å². The van der Waals surface area contributed by atoms with E-state index in [1.165, 1.54) is 16.7 Å². The van der Waals surface area contributed by atoms with E-state index in [4.69, 9.17) is 9.47 Å². The molecule has 1 aliphatic rings. The molecule has 0 saturated carbocycles. The van der Waals surface area contributed by atoms with Gasteiger partial charge in [-0.15, -0.1) is 0 Å². The minimum atomic E-state index is 0.757. The molecule has 0 atom stereocenters. The highest BCUT2D eigenvalue weighted by molar-refractivity contribution is 5.37. The van der Waals surface area contributed by atoms with E-state index in [1.807, 2.05) is 12.1 Å². The average Bonchev–Trinajstić information content (AvgIpc) is 2.85. The van der Waals surface area contributed by atoms with Crippen LogP contribution in [0.5, 0.6) is 11.5 Å². The number of rotatable bonds is 10. The first kappa shape index (κ1) is 22.4. The molecular formula is C28H34N2O2. The summed E-state index contributed by atoms with van der Waals surface area (Å²) in [5, 5.41) is 0. The molecule has 0 aliphatic carbocycles. The fourth-order valence-corrected chi connectivity index (χ4v) is 4.32. The van der Waals surface area contributed by atoms with Gasteiger partial charge < -0.3 is 14.4 Å². The van der Waals surface area contributed by atoms with Gasteiger partial charge in [-0.3, -0.25) is 4.90 Å². The second-order valence-electron chi connectivity index (χ2n) is 8.40. The summed E-state index contributed by atoms with van der Waals surface area (Å²) < 4.78 is 11.7. The van der Waals surface area contributed by atoms with E-state index in [0.29, 0.717) is 0 Å². The van der Waals surface area contributed by atoms with Gasteiger partial charge in [0.15, 0.2) is 0 Å². The van der Waals surface area contributed by atoms with Crippen LogP contribution in [0.4, 0.5) is 0 Å². The molecule has 1 aliphatic heterocycles. The molecule has 0 amide bonds. The van der Waals surface area contributed by atoms with Gasteiger partial charge in [0.05, 0.1) is 13.7 Å². The van der Waals surface area contributed by atoms with Gasteiger partial charge in [0.2, 0.25) is 0 Å². The maximum absolute atomic E-state index is 6.18. The summed E-state index contributed by atoms with van der Waals surface area (Å²) in [6, 6.07) is 27.3. The zero-order valence-corrected chi connectivity index (χ0v) is 19.1. The van der Waals surface area contributed by atoms with Crippen LogP contribution in [0.3, 0.4) is 0 Å². The van der Waals surface area contributed by atoms with Crippen molar-refractivity contribution < 1.29 is 9.47 Å². The predicted octanol–water partition coefficient (Wildman–Crippen LogP) is 4.87. The zero-order valence-electron chi connectivity index (χ0n) is 19.1. The Hall–Kier alpha value is -2.82. The highest BCUT2D eigenvalue weighted by Gasteiger charge is 2.17. The molecule has 4 heteroatoms. The van der Waals surface area contributed by atoms with Crippen LogP contribution in [-0.2, 0) is 13.0 Å². The van der Waals surface area contributed by atoms with Crippen LogP contribution in [0, 0.1) is 0 Å². The summed E-state index contributed by atoms with van der Waals surface area (Å²) >= 11 is 0. The number of benzene rings is 3. The Morgan fingerprint density at radius 1 is 0.688 bits per heavy atom. The zero-order chi connectivity index (χ0) is 22.0. The molecule has 1 fully saturated rings. The van der Waals surface area contributed by atoms with Crippen molar-refractivity contribution in [3.05, 3.63) is 95.6 Å². The van der Waals surface area contributed by atoms with Gasteiger partial charge in [0.25, 0.3) is 0 Å². The van der Waals surface area contributed by atoms with Crippen molar-refractivity contribution in [2.45, 2.75) is 19.4 Å². The molecule has 4 rings (SSSR count). The van der Waals surface area contributed by atoms with E-state index in [0.717, 1.165) is 70.2 Å². The number of ether oxygens (including phenoxy) is 2. The lowest BCUT2D eigenvalue weighted by atomic mass is 10.0. The Morgan fingerprint density at radius 3 is 2.06 bits per heavy atom. The van der Waals surface area contributed by atoms with Crippen molar-refractivity contribution in [2.24, 2.45) is 0 Å². The molecule has 0 bridgehead atoms. The van der Waals surface area contributed by atoms with E-state index >= 15 is 0 Å². The minimum Gasteiger partial charge on any atom is -0.496 e. The molecule has 0 spiro atoms. The van der Waals surface area contributed by atoms with E-state index in [-0.39, 0.29) is 0 Å². The predicted molar refractivity (Wildman–Crippen MR) is 131 cm³/mol. The third-order valence-electron chi connectivity index (χ3n) is 6.14. The molecule has 4 nitrogen and oxygen atoms in total. The van der Waals surface area contributed by atoms with Crippen LogP contribution >= 0.6 is 0 Å². The maximum Gasteiger partial charge on any atom is 0.123 e. The van der Waals surface area contributed by atoms with Crippen molar-refractivity contribution in [1.29, 1.82) is 0 Å². The van der Waals surface area contributed by atoms with Gasteiger partial charge in [0.1, 0.15) is 11.5 Å². The quantitative estimate of drug-likeness (QED) is 0.428. The summed E-state index contributed by atoms with van der Waals surface area (Å²) in [5.41, 5.74) is 3.84. The lowest BCUT2D eigenvalue weighted by molar-refractivity contribution is 0.120. The van der Waals surface area contributed by atoms with Gasteiger partial charge in [-0.05, 0) is 29.7 Å². The molecule has 168 valence electrons. The minimum absolute atomic E-state index is 0.757. The fraction of sp³-hybridized carbons (Fsp3) is 0.357. The molecule has 1 heterocycles. The fourth-order valence-electron chi connectivity index (χ4n) is 4.32. The Morgan fingerprint density at radius 2 is 1.31 bits per heavy atom. The Labute approximate surface area is 192 Å². The van der Waals surface area contributed by atoms with Gasteiger partial charge in [-0.2, -0.15) is 0 Å². The number of hydrogen-bond acceptors (Lipinski definition) is 4. The molecule has 3 aromatic carbocycles. The number of para-hydroxylation sites is 2. The highest BCUT2D eigenvalue weighted by atomic mass is 16.5. The van der Waals surface area contributed by atoms with Crippen LogP contribution in [0.15, 0.2) is 78.9 Å². The molecule has 0 aromatic heterocycles. The summed E-state index contributed by atoms with van der Waals surface area (Å²) in [7, 11) is 1.75. The first-order chi connectivity index (χ1) is 15.8. The van der Waals surface area contributed by atoms with Gasteiger partial charge in [-0.25, -0.2) is 0 Å². The largest absolute Gasteiger partial charge is 0.496 e. The van der Waals surface area contributed by atoms with E-state index < -0.39 is 0 Å². The highest BCUT2D eigenvalue weighted by Crippen LogP contribution is 2.22. The molecule has 32 heavy (non-hydrogen) atoms. The monoisotopic (exact) mass is 430 g/mol. The van der Waals surface area contributed by atoms with Crippen molar-refractivity contribution in [3.63, 3.8) is 0 Å². The first-order valence-electron chi connectivity index (χ1n) is 11.6. The second-order valence-corrected chi connectivity index (χ2v) is 8.40. The average molecular weight is 431 g/mol. The van der Waals surface area contributed by atoms with E-state index in [1.54, 1.807) is 7.11 Å². The Balaban J connectivity index is 1.18. The molecule has 3 aromatic rings. The number of piperazine rings is 1. The summed E-state index contributed by atoms with van der Waals surface area (Å²) in [4.78, 5) is 5.07. The molecule has 0 unspecified atom stereocenters. The van der Waals surface area contributed by atoms with Crippen molar-refractivity contribution in [1.82, 2.24) is 9.80 Å². The van der Waals surface area contributed by atoms with E-state index in [9.17, 15) is 0 Å². The van der Waals surface area contributed by atoms with Crippen LogP contribution < -0.4 is 9.47 Å². The Bertz CT molecular complexity index is 952. The topological polar surface area (TPSA) is 24.9 Å².